The molecule has 0 bridgehead atoms. The third-order valence-corrected chi connectivity index (χ3v) is 10.9. The first-order valence-electron chi connectivity index (χ1n) is 17.2. The highest BCUT2D eigenvalue weighted by Gasteiger charge is 2.32. The lowest BCUT2D eigenvalue weighted by atomic mass is 10.0. The fourth-order valence-corrected chi connectivity index (χ4v) is 7.16. The van der Waals surface area contributed by atoms with Crippen molar-refractivity contribution in [3.05, 3.63) is 71.8 Å². The van der Waals surface area contributed by atoms with Gasteiger partial charge in [-0.2, -0.15) is 4.31 Å². The summed E-state index contributed by atoms with van der Waals surface area (Å²) in [5, 5.41) is 15.8. The molecule has 5 rings (SSSR count). The largest absolute Gasteiger partial charge is 0.490 e. The Hall–Kier alpha value is -4.37. The van der Waals surface area contributed by atoms with E-state index in [1.807, 2.05) is 20.8 Å². The van der Waals surface area contributed by atoms with E-state index in [1.165, 1.54) is 11.4 Å². The highest BCUT2D eigenvalue weighted by Crippen LogP contribution is 2.34. The van der Waals surface area contributed by atoms with E-state index in [2.05, 4.69) is 10.6 Å². The van der Waals surface area contributed by atoms with Crippen molar-refractivity contribution in [2.45, 2.75) is 70.1 Å². The monoisotopic (exact) mass is 724 g/mol. The van der Waals surface area contributed by atoms with Crippen molar-refractivity contribution in [2.75, 3.05) is 50.8 Å². The summed E-state index contributed by atoms with van der Waals surface area (Å²) in [5.41, 5.74) is 2.01. The van der Waals surface area contributed by atoms with Gasteiger partial charge in [-0.25, -0.2) is 13.2 Å². The molecule has 3 N–H and O–H groups in total. The number of rotatable bonds is 8. The van der Waals surface area contributed by atoms with Crippen LogP contribution in [-0.4, -0.2) is 93.1 Å². The number of aliphatic hydroxyl groups excluding tert-OH is 1. The van der Waals surface area contributed by atoms with Crippen molar-refractivity contribution >= 4 is 33.3 Å². The van der Waals surface area contributed by atoms with Gasteiger partial charge in [0.15, 0.2) is 11.5 Å². The number of anilines is 2. The minimum absolute atomic E-state index is 0.0650. The van der Waals surface area contributed by atoms with Crippen molar-refractivity contribution in [3.8, 4) is 17.2 Å². The van der Waals surface area contributed by atoms with E-state index >= 15 is 0 Å². The SMILES string of the molecule is Cc1ccc(S(=O)(=O)N(C)C[C@H]2OCCCC[C@H](C)Oc3ccc(NC(=O)Nc4ccc5c(c4)OCO5)cc3C(=O)N([C@H](C)CO)C[C@H]2C)cc1. The number of sulfonamides is 1. The van der Waals surface area contributed by atoms with Crippen molar-refractivity contribution < 1.29 is 42.1 Å². The second kappa shape index (κ2) is 16.8. The van der Waals surface area contributed by atoms with Crippen LogP contribution in [0.15, 0.2) is 65.6 Å². The number of carbonyl (C=O) groups is 2. The molecule has 51 heavy (non-hydrogen) atoms. The minimum Gasteiger partial charge on any atom is -0.490 e. The molecule has 2 heterocycles. The van der Waals surface area contributed by atoms with Gasteiger partial charge in [0, 0.05) is 50.1 Å². The average Bonchev–Trinajstić information content (AvgIpc) is 3.57. The van der Waals surface area contributed by atoms with Crippen molar-refractivity contribution in [2.24, 2.45) is 5.92 Å². The van der Waals surface area contributed by atoms with Gasteiger partial charge in [0.2, 0.25) is 16.8 Å². The van der Waals surface area contributed by atoms with Gasteiger partial charge in [-0.3, -0.25) is 4.79 Å². The first kappa shape index (κ1) is 37.9. The molecule has 2 aliphatic heterocycles. The van der Waals surface area contributed by atoms with Crippen LogP contribution in [0, 0.1) is 12.8 Å². The molecule has 0 aliphatic carbocycles. The van der Waals surface area contributed by atoms with E-state index in [9.17, 15) is 23.1 Å². The average molecular weight is 725 g/mol. The van der Waals surface area contributed by atoms with E-state index in [1.54, 1.807) is 72.5 Å². The number of amides is 3. The Kier molecular flexibility index (Phi) is 12.5. The number of aliphatic hydroxyl groups is 1. The van der Waals surface area contributed by atoms with Crippen LogP contribution in [0.3, 0.4) is 0 Å². The topological polar surface area (TPSA) is 156 Å². The fraction of sp³-hybridized carbons (Fsp3) is 0.459. The van der Waals surface area contributed by atoms with Gasteiger partial charge in [0.1, 0.15) is 5.75 Å². The lowest BCUT2D eigenvalue weighted by molar-refractivity contribution is -0.00834. The second-order valence-corrected chi connectivity index (χ2v) is 15.3. The molecule has 276 valence electrons. The number of benzene rings is 3. The number of hydrogen-bond donors (Lipinski definition) is 3. The number of carbonyl (C=O) groups excluding carboxylic acids is 2. The first-order chi connectivity index (χ1) is 24.3. The smallest absolute Gasteiger partial charge is 0.323 e. The molecule has 3 aromatic rings. The third kappa shape index (κ3) is 9.50. The summed E-state index contributed by atoms with van der Waals surface area (Å²) in [6.45, 7) is 7.89. The van der Waals surface area contributed by atoms with Crippen molar-refractivity contribution in [1.29, 1.82) is 0 Å². The molecular weight excluding hydrogens is 676 g/mol. The normalized spacial score (nSPS) is 20.6. The summed E-state index contributed by atoms with van der Waals surface area (Å²) in [7, 11) is -2.27. The molecule has 4 atom stereocenters. The number of ether oxygens (including phenoxy) is 4. The van der Waals surface area contributed by atoms with Gasteiger partial charge in [0.25, 0.3) is 5.91 Å². The number of nitrogens with zero attached hydrogens (tertiary/aromatic N) is 2. The van der Waals surface area contributed by atoms with Crippen LogP contribution in [0.1, 0.15) is 56.0 Å². The molecule has 0 radical (unpaired) electrons. The summed E-state index contributed by atoms with van der Waals surface area (Å²) >= 11 is 0. The molecule has 0 fully saturated rings. The molecule has 0 spiro atoms. The predicted molar refractivity (Wildman–Crippen MR) is 193 cm³/mol. The van der Waals surface area contributed by atoms with Crippen molar-refractivity contribution in [1.82, 2.24) is 9.21 Å². The number of fused-ring (bicyclic) bond motifs is 2. The fourth-order valence-electron chi connectivity index (χ4n) is 5.97. The highest BCUT2D eigenvalue weighted by molar-refractivity contribution is 7.89. The van der Waals surface area contributed by atoms with E-state index < -0.39 is 34.1 Å². The third-order valence-electron chi connectivity index (χ3n) is 9.11. The van der Waals surface area contributed by atoms with Gasteiger partial charge in [-0.15, -0.1) is 0 Å². The van der Waals surface area contributed by atoms with E-state index in [4.69, 9.17) is 18.9 Å². The van der Waals surface area contributed by atoms with Crippen LogP contribution in [0.4, 0.5) is 16.2 Å². The summed E-state index contributed by atoms with van der Waals surface area (Å²) in [4.78, 5) is 29.2. The van der Waals surface area contributed by atoms with Crippen LogP contribution in [0.5, 0.6) is 17.2 Å². The number of hydrogen-bond acceptors (Lipinski definition) is 9. The van der Waals surface area contributed by atoms with Crippen molar-refractivity contribution in [3.63, 3.8) is 0 Å². The quantitative estimate of drug-likeness (QED) is 0.274. The standard InChI is InChI=1S/C37H48N4O9S/c1-24-9-13-30(14-10-24)51(45,46)40(5)21-35-25(2)20-41(26(3)22-42)36(43)31-18-28(11-15-32(31)50-27(4)8-6-7-17-47-35)38-37(44)39-29-12-16-33-34(19-29)49-23-48-33/h9-16,18-19,25-27,35,42H,6-8,17,20-23H2,1-5H3,(H2,38,39,44)/t25-,26-,27+,35-/m1/s1. The Morgan fingerprint density at radius 1 is 0.980 bits per heavy atom. The Bertz CT molecular complexity index is 1790. The molecular formula is C37H48N4O9S. The summed E-state index contributed by atoms with van der Waals surface area (Å²) in [5.74, 6) is 0.717. The maximum atomic E-state index is 14.4. The molecule has 14 heteroatoms. The van der Waals surface area contributed by atoms with Crippen LogP contribution in [-0.2, 0) is 14.8 Å². The molecule has 3 amide bonds. The van der Waals surface area contributed by atoms with Gasteiger partial charge in [0.05, 0.1) is 35.3 Å². The molecule has 0 saturated heterocycles. The molecule has 0 aromatic heterocycles. The lowest BCUT2D eigenvalue weighted by Gasteiger charge is -2.35. The molecule has 13 nitrogen and oxygen atoms in total. The Labute approximate surface area is 299 Å². The second-order valence-electron chi connectivity index (χ2n) is 13.3. The van der Waals surface area contributed by atoms with Crippen LogP contribution in [0.2, 0.25) is 0 Å². The lowest BCUT2D eigenvalue weighted by Crippen LogP contribution is -2.48. The number of urea groups is 1. The summed E-state index contributed by atoms with van der Waals surface area (Å²) in [6, 6.07) is 15.5. The molecule has 0 unspecified atom stereocenters. The Morgan fingerprint density at radius 3 is 2.35 bits per heavy atom. The minimum atomic E-state index is -3.80. The molecule has 0 saturated carbocycles. The van der Waals surface area contributed by atoms with Crippen LogP contribution in [0.25, 0.3) is 0 Å². The van der Waals surface area contributed by atoms with E-state index in [0.29, 0.717) is 41.7 Å². The zero-order valence-corrected chi connectivity index (χ0v) is 30.6. The zero-order valence-electron chi connectivity index (χ0n) is 29.8. The molecule has 3 aromatic carbocycles. The van der Waals surface area contributed by atoms with Gasteiger partial charge in [-0.1, -0.05) is 24.6 Å². The molecule has 2 aliphatic rings. The number of likely N-dealkylation sites (N-methyl/N-ethyl adjacent to an activating group) is 1. The van der Waals surface area contributed by atoms with E-state index in [0.717, 1.165) is 18.4 Å². The zero-order chi connectivity index (χ0) is 36.7. The summed E-state index contributed by atoms with van der Waals surface area (Å²) in [6.07, 6.45) is 1.41. The maximum Gasteiger partial charge on any atom is 0.323 e. The Morgan fingerprint density at radius 2 is 1.65 bits per heavy atom. The first-order valence-corrected chi connectivity index (χ1v) is 18.6. The Balaban J connectivity index is 1.39. The maximum absolute atomic E-state index is 14.4. The number of nitrogens with one attached hydrogen (secondary N) is 2. The van der Waals surface area contributed by atoms with Gasteiger partial charge in [-0.05, 0) is 82.5 Å². The van der Waals surface area contributed by atoms with E-state index in [-0.39, 0.29) is 49.0 Å². The van der Waals surface area contributed by atoms with Crippen LogP contribution < -0.4 is 24.8 Å². The van der Waals surface area contributed by atoms with Gasteiger partial charge < -0.3 is 39.6 Å². The van der Waals surface area contributed by atoms with Crippen LogP contribution >= 0.6 is 0 Å². The summed E-state index contributed by atoms with van der Waals surface area (Å²) < 4.78 is 51.6. The highest BCUT2D eigenvalue weighted by atomic mass is 32.2. The predicted octanol–water partition coefficient (Wildman–Crippen LogP) is 5.48. The number of aryl methyl sites for hydroxylation is 1. The van der Waals surface area contributed by atoms with Gasteiger partial charge >= 0.3 is 6.03 Å².